The second kappa shape index (κ2) is 8.65. The van der Waals surface area contributed by atoms with E-state index in [1.54, 1.807) is 0 Å². The second-order valence-corrected chi connectivity index (χ2v) is 7.22. The predicted octanol–water partition coefficient (Wildman–Crippen LogP) is 7.19. The van der Waals surface area contributed by atoms with Crippen molar-refractivity contribution < 1.29 is 53.1 Å². The molecule has 33 heavy (non-hydrogen) atoms. The third-order valence-corrected chi connectivity index (χ3v) is 5.00. The first-order valence-electron chi connectivity index (χ1n) is 8.38. The molecule has 2 N–H and O–H groups in total. The SMILES string of the molecule is CNc1cccc(C(=O)Nc2c(C(F)(F)F)ccc(Br)c2C(F)(C(F)(F)F)C(F)(F)F)c1F. The van der Waals surface area contributed by atoms with E-state index in [1.807, 2.05) is 0 Å². The number of carbonyl (C=O) groups excluding carboxylic acids is 1. The van der Waals surface area contributed by atoms with E-state index in [0.29, 0.717) is 6.07 Å². The van der Waals surface area contributed by atoms with Crippen molar-refractivity contribution >= 4 is 33.2 Å². The average molecular weight is 559 g/mol. The molecule has 0 aromatic heterocycles. The first-order chi connectivity index (χ1) is 14.9. The first kappa shape index (κ1) is 26.7. The van der Waals surface area contributed by atoms with Crippen molar-refractivity contribution in [3.63, 3.8) is 0 Å². The van der Waals surface area contributed by atoms with Gasteiger partial charge in [0.1, 0.15) is 0 Å². The van der Waals surface area contributed by atoms with Crippen LogP contribution < -0.4 is 10.6 Å². The molecule has 0 radical (unpaired) electrons. The highest BCUT2D eigenvalue weighted by Crippen LogP contribution is 2.58. The van der Waals surface area contributed by atoms with Crippen molar-refractivity contribution in [1.29, 1.82) is 0 Å². The lowest BCUT2D eigenvalue weighted by molar-refractivity contribution is -0.348. The van der Waals surface area contributed by atoms with Gasteiger partial charge in [0.15, 0.2) is 5.82 Å². The highest BCUT2D eigenvalue weighted by atomic mass is 79.9. The van der Waals surface area contributed by atoms with E-state index in [4.69, 9.17) is 0 Å². The highest BCUT2D eigenvalue weighted by Gasteiger charge is 2.75. The monoisotopic (exact) mass is 558 g/mol. The summed E-state index contributed by atoms with van der Waals surface area (Å²) < 4.78 is 148. The van der Waals surface area contributed by atoms with Gasteiger partial charge >= 0.3 is 24.2 Å². The van der Waals surface area contributed by atoms with E-state index in [0.717, 1.165) is 12.1 Å². The summed E-state index contributed by atoms with van der Waals surface area (Å²) >= 11 is 2.21. The van der Waals surface area contributed by atoms with Crippen LogP contribution >= 0.6 is 15.9 Å². The number of hydrogen-bond donors (Lipinski definition) is 2. The number of amides is 1. The molecule has 2 rings (SSSR count). The maximum absolute atomic E-state index is 14.8. The molecule has 0 aliphatic rings. The Morgan fingerprint density at radius 2 is 1.42 bits per heavy atom. The van der Waals surface area contributed by atoms with Crippen LogP contribution in [-0.4, -0.2) is 25.3 Å². The number of hydrogen-bond acceptors (Lipinski definition) is 2. The summed E-state index contributed by atoms with van der Waals surface area (Å²) in [4.78, 5) is 12.4. The fraction of sp³-hybridized carbons (Fsp3) is 0.278. The van der Waals surface area contributed by atoms with E-state index >= 15 is 0 Å². The van der Waals surface area contributed by atoms with Gasteiger partial charge in [-0.15, -0.1) is 0 Å². The zero-order chi connectivity index (χ0) is 25.6. The maximum Gasteiger partial charge on any atom is 0.436 e. The minimum absolute atomic E-state index is 0.0245. The van der Waals surface area contributed by atoms with Crippen molar-refractivity contribution in [2.75, 3.05) is 17.7 Å². The molecule has 0 fully saturated rings. The Morgan fingerprint density at radius 3 is 1.88 bits per heavy atom. The fourth-order valence-electron chi connectivity index (χ4n) is 2.81. The molecule has 2 aromatic rings. The Balaban J connectivity index is 2.89. The van der Waals surface area contributed by atoms with Gasteiger partial charge in [-0.3, -0.25) is 4.79 Å². The van der Waals surface area contributed by atoms with Gasteiger partial charge in [-0.1, -0.05) is 22.0 Å². The highest BCUT2D eigenvalue weighted by molar-refractivity contribution is 9.10. The number of rotatable bonds is 4. The van der Waals surface area contributed by atoms with Gasteiger partial charge in [-0.2, -0.15) is 39.5 Å². The smallest absolute Gasteiger partial charge is 0.386 e. The zero-order valence-corrected chi connectivity index (χ0v) is 17.4. The summed E-state index contributed by atoms with van der Waals surface area (Å²) in [5, 5.41) is 3.46. The number of anilines is 2. The van der Waals surface area contributed by atoms with E-state index in [-0.39, 0.29) is 17.8 Å². The van der Waals surface area contributed by atoms with Crippen LogP contribution in [0.2, 0.25) is 0 Å². The molecule has 0 atom stereocenters. The summed E-state index contributed by atoms with van der Waals surface area (Å²) in [6.07, 6.45) is -19.2. The molecule has 3 nitrogen and oxygen atoms in total. The molecule has 15 heteroatoms. The summed E-state index contributed by atoms with van der Waals surface area (Å²) in [5.74, 6) is -3.23. The van der Waals surface area contributed by atoms with Crippen LogP contribution in [0.5, 0.6) is 0 Å². The number of benzene rings is 2. The summed E-state index contributed by atoms with van der Waals surface area (Å²) in [5.41, 5.74) is -14.8. The molecular formula is C18H10BrF11N2O. The molecule has 0 saturated heterocycles. The third kappa shape index (κ3) is 4.73. The van der Waals surface area contributed by atoms with Gasteiger partial charge in [0, 0.05) is 17.1 Å². The average Bonchev–Trinajstić information content (AvgIpc) is 2.65. The van der Waals surface area contributed by atoms with Crippen molar-refractivity contribution in [2.45, 2.75) is 24.2 Å². The topological polar surface area (TPSA) is 41.1 Å². The summed E-state index contributed by atoms with van der Waals surface area (Å²) in [6.45, 7) is 0. The van der Waals surface area contributed by atoms with Gasteiger partial charge in [-0.25, -0.2) is 8.78 Å². The Labute approximate surface area is 186 Å². The molecule has 2 aromatic carbocycles. The Morgan fingerprint density at radius 1 is 0.879 bits per heavy atom. The van der Waals surface area contributed by atoms with Crippen molar-refractivity contribution in [2.24, 2.45) is 0 Å². The number of nitrogens with one attached hydrogen (secondary N) is 2. The van der Waals surface area contributed by atoms with E-state index in [2.05, 4.69) is 21.2 Å². The van der Waals surface area contributed by atoms with E-state index < -0.39 is 62.8 Å². The van der Waals surface area contributed by atoms with E-state index in [9.17, 15) is 53.1 Å². The summed E-state index contributed by atoms with van der Waals surface area (Å²) in [7, 11) is 1.19. The van der Waals surface area contributed by atoms with Gasteiger partial charge in [0.25, 0.3) is 5.91 Å². The molecule has 0 spiro atoms. The minimum Gasteiger partial charge on any atom is -0.386 e. The van der Waals surface area contributed by atoms with Crippen LogP contribution in [0.1, 0.15) is 21.5 Å². The molecule has 0 aliphatic carbocycles. The molecule has 0 heterocycles. The number of carbonyl (C=O) groups is 1. The van der Waals surface area contributed by atoms with Gasteiger partial charge in [0.2, 0.25) is 0 Å². The summed E-state index contributed by atoms with van der Waals surface area (Å²) in [6, 6.07) is 2.95. The molecule has 0 unspecified atom stereocenters. The third-order valence-electron chi connectivity index (χ3n) is 4.34. The van der Waals surface area contributed by atoms with Crippen molar-refractivity contribution in [3.8, 4) is 0 Å². The molecule has 0 saturated carbocycles. The molecule has 182 valence electrons. The maximum atomic E-state index is 14.8. The van der Waals surface area contributed by atoms with Crippen LogP contribution in [-0.2, 0) is 11.8 Å². The van der Waals surface area contributed by atoms with Crippen LogP contribution in [0.15, 0.2) is 34.8 Å². The quantitative estimate of drug-likeness (QED) is 0.390. The van der Waals surface area contributed by atoms with Gasteiger partial charge in [-0.05, 0) is 24.3 Å². The van der Waals surface area contributed by atoms with Crippen LogP contribution in [0.4, 0.5) is 59.7 Å². The minimum atomic E-state index is -6.80. The Kier molecular flexibility index (Phi) is 6.99. The van der Waals surface area contributed by atoms with Crippen LogP contribution in [0, 0.1) is 5.82 Å². The zero-order valence-electron chi connectivity index (χ0n) is 15.8. The number of halogens is 12. The van der Waals surface area contributed by atoms with Gasteiger partial charge in [0.05, 0.1) is 22.5 Å². The molecule has 0 aliphatic heterocycles. The lowest BCUT2D eigenvalue weighted by atomic mass is 9.90. The molecule has 1 amide bonds. The predicted molar refractivity (Wildman–Crippen MR) is 97.9 cm³/mol. The van der Waals surface area contributed by atoms with Crippen LogP contribution in [0.25, 0.3) is 0 Å². The lowest BCUT2D eigenvalue weighted by Crippen LogP contribution is -2.51. The van der Waals surface area contributed by atoms with Crippen LogP contribution in [0.3, 0.4) is 0 Å². The number of alkyl halides is 10. The van der Waals surface area contributed by atoms with Gasteiger partial charge < -0.3 is 10.6 Å². The first-order valence-corrected chi connectivity index (χ1v) is 9.17. The molecular weight excluding hydrogens is 549 g/mol. The normalized spacial score (nSPS) is 13.1. The van der Waals surface area contributed by atoms with Crippen molar-refractivity contribution in [1.82, 2.24) is 0 Å². The fourth-order valence-corrected chi connectivity index (χ4v) is 3.41. The van der Waals surface area contributed by atoms with Crippen molar-refractivity contribution in [3.05, 3.63) is 57.3 Å². The molecule has 0 bridgehead atoms. The Hall–Kier alpha value is -2.58. The van der Waals surface area contributed by atoms with E-state index in [1.165, 1.54) is 12.4 Å². The lowest BCUT2D eigenvalue weighted by Gasteiger charge is -2.33. The second-order valence-electron chi connectivity index (χ2n) is 6.37. The standard InChI is InChI=1S/C18H10BrF11N2O/c1-31-10-4-2-3-7(12(10)20)14(33)32-13-8(16(22,23)24)5-6-9(19)11(13)15(21,17(25,26)27)18(28,29)30/h2-6,31H,1H3,(H,32,33). The Bertz CT molecular complexity index is 1050. The largest absolute Gasteiger partial charge is 0.436 e.